The summed E-state index contributed by atoms with van der Waals surface area (Å²) in [6.45, 7) is 0.214. The number of methoxy groups -OCH3 is 1. The van der Waals surface area contributed by atoms with Gasteiger partial charge in [-0.2, -0.15) is 5.10 Å². The molecule has 98 valence electrons. The van der Waals surface area contributed by atoms with Crippen molar-refractivity contribution >= 4 is 5.97 Å². The van der Waals surface area contributed by atoms with Gasteiger partial charge >= 0.3 is 5.97 Å². The minimum absolute atomic E-state index is 0.127. The van der Waals surface area contributed by atoms with E-state index in [1.54, 1.807) is 6.07 Å². The summed E-state index contributed by atoms with van der Waals surface area (Å²) in [7, 11) is 1.32. The lowest BCUT2D eigenvalue weighted by molar-refractivity contribution is -0.140. The number of rotatable bonds is 4. The van der Waals surface area contributed by atoms with Crippen molar-refractivity contribution in [3.63, 3.8) is 0 Å². The van der Waals surface area contributed by atoms with Crippen LogP contribution >= 0.6 is 0 Å². The lowest BCUT2D eigenvalue weighted by Gasteiger charge is -2.06. The predicted molar refractivity (Wildman–Crippen MR) is 70.6 cm³/mol. The van der Waals surface area contributed by atoms with Crippen LogP contribution in [0.4, 0.5) is 0 Å². The Morgan fingerprint density at radius 2 is 1.95 bits per heavy atom. The van der Waals surface area contributed by atoms with E-state index < -0.39 is 0 Å². The highest BCUT2D eigenvalue weighted by atomic mass is 16.5. The molecule has 0 saturated heterocycles. The van der Waals surface area contributed by atoms with Gasteiger partial charge in [0, 0.05) is 11.6 Å². The number of benzene rings is 1. The van der Waals surface area contributed by atoms with Crippen LogP contribution in [0.5, 0.6) is 0 Å². The molecule has 0 unspecified atom stereocenters. The Hall–Kier alpha value is -2.43. The smallest absolute Gasteiger partial charge is 0.307 e. The summed E-state index contributed by atoms with van der Waals surface area (Å²) >= 11 is 0. The number of nitrogens with zero attached hydrogens (tertiary/aromatic N) is 2. The molecule has 0 aliphatic rings. The first-order valence-corrected chi connectivity index (χ1v) is 5.91. The zero-order valence-corrected chi connectivity index (χ0v) is 10.6. The standard InChI is InChI=1S/C14H14N2O3/c1-19-14(18)9-10-16-13(17)8-7-12(15-16)11-5-3-2-4-6-11/h2-8H,9-10H2,1H3. The van der Waals surface area contributed by atoms with Gasteiger partial charge in [-0.1, -0.05) is 30.3 Å². The molecule has 0 aliphatic carbocycles. The van der Waals surface area contributed by atoms with E-state index in [9.17, 15) is 9.59 Å². The summed E-state index contributed by atoms with van der Waals surface area (Å²) in [6, 6.07) is 12.7. The molecule has 1 aromatic carbocycles. The quantitative estimate of drug-likeness (QED) is 0.779. The average molecular weight is 258 g/mol. The van der Waals surface area contributed by atoms with Crippen LogP contribution < -0.4 is 5.56 Å². The fraction of sp³-hybridized carbons (Fsp3) is 0.214. The van der Waals surface area contributed by atoms with E-state index >= 15 is 0 Å². The summed E-state index contributed by atoms with van der Waals surface area (Å²) in [6.07, 6.45) is 0.127. The molecule has 1 aromatic heterocycles. The van der Waals surface area contributed by atoms with E-state index in [4.69, 9.17) is 0 Å². The van der Waals surface area contributed by atoms with E-state index in [1.807, 2.05) is 30.3 Å². The zero-order chi connectivity index (χ0) is 13.7. The lowest BCUT2D eigenvalue weighted by Crippen LogP contribution is -2.23. The van der Waals surface area contributed by atoms with Crippen molar-refractivity contribution in [3.8, 4) is 11.3 Å². The van der Waals surface area contributed by atoms with E-state index in [2.05, 4.69) is 9.84 Å². The number of esters is 1. The summed E-state index contributed by atoms with van der Waals surface area (Å²) < 4.78 is 5.82. The Balaban J connectivity index is 2.25. The fourth-order valence-corrected chi connectivity index (χ4v) is 1.67. The van der Waals surface area contributed by atoms with Crippen LogP contribution in [0.3, 0.4) is 0 Å². The second kappa shape index (κ2) is 5.95. The molecule has 1 heterocycles. The zero-order valence-electron chi connectivity index (χ0n) is 10.6. The molecule has 2 aromatic rings. The Labute approximate surface area is 110 Å². The van der Waals surface area contributed by atoms with Gasteiger partial charge in [0.1, 0.15) is 0 Å². The maximum absolute atomic E-state index is 11.7. The molecule has 0 N–H and O–H groups in total. The normalized spacial score (nSPS) is 10.2. The minimum Gasteiger partial charge on any atom is -0.469 e. The summed E-state index contributed by atoms with van der Waals surface area (Å²) in [5, 5.41) is 4.25. The van der Waals surface area contributed by atoms with Crippen LogP contribution in [-0.4, -0.2) is 22.9 Å². The summed E-state index contributed by atoms with van der Waals surface area (Å²) in [5.74, 6) is -0.362. The van der Waals surface area contributed by atoms with Crippen LogP contribution in [0, 0.1) is 0 Å². The SMILES string of the molecule is COC(=O)CCn1nc(-c2ccccc2)ccc1=O. The summed E-state index contributed by atoms with van der Waals surface area (Å²) in [4.78, 5) is 22.7. The highest BCUT2D eigenvalue weighted by molar-refractivity contribution is 5.69. The third-order valence-electron chi connectivity index (χ3n) is 2.69. The van der Waals surface area contributed by atoms with Crippen molar-refractivity contribution < 1.29 is 9.53 Å². The maximum atomic E-state index is 11.7. The molecule has 0 spiro atoms. The molecular formula is C14H14N2O3. The van der Waals surface area contributed by atoms with Crippen molar-refractivity contribution in [2.45, 2.75) is 13.0 Å². The fourth-order valence-electron chi connectivity index (χ4n) is 1.67. The molecule has 5 nitrogen and oxygen atoms in total. The van der Waals surface area contributed by atoms with Crippen LogP contribution in [0.15, 0.2) is 47.3 Å². The molecule has 0 radical (unpaired) electrons. The molecular weight excluding hydrogens is 244 g/mol. The number of carbonyl (C=O) groups is 1. The van der Waals surface area contributed by atoms with Gasteiger partial charge in [-0.25, -0.2) is 4.68 Å². The first-order valence-electron chi connectivity index (χ1n) is 5.91. The maximum Gasteiger partial charge on any atom is 0.307 e. The van der Waals surface area contributed by atoms with E-state index in [1.165, 1.54) is 17.9 Å². The largest absolute Gasteiger partial charge is 0.469 e. The van der Waals surface area contributed by atoms with E-state index in [0.29, 0.717) is 5.69 Å². The van der Waals surface area contributed by atoms with E-state index in [0.717, 1.165) is 5.56 Å². The van der Waals surface area contributed by atoms with Gasteiger partial charge in [-0.05, 0) is 6.07 Å². The number of carbonyl (C=O) groups excluding carboxylic acids is 1. The monoisotopic (exact) mass is 258 g/mol. The molecule has 0 fully saturated rings. The van der Waals surface area contributed by atoms with Gasteiger partial charge in [0.25, 0.3) is 5.56 Å². The number of aryl methyl sites for hydroxylation is 1. The van der Waals surface area contributed by atoms with Crippen molar-refractivity contribution in [3.05, 3.63) is 52.8 Å². The van der Waals surface area contributed by atoms with Crippen LogP contribution in [0.2, 0.25) is 0 Å². The van der Waals surface area contributed by atoms with Crippen molar-refractivity contribution in [1.82, 2.24) is 9.78 Å². The first kappa shape index (κ1) is 13.0. The molecule has 0 bridgehead atoms. The van der Waals surface area contributed by atoms with Gasteiger partial charge in [-0.3, -0.25) is 9.59 Å². The molecule has 0 amide bonds. The molecule has 0 aliphatic heterocycles. The number of aromatic nitrogens is 2. The second-order valence-corrected chi connectivity index (χ2v) is 3.97. The van der Waals surface area contributed by atoms with Crippen molar-refractivity contribution in [1.29, 1.82) is 0 Å². The third-order valence-corrected chi connectivity index (χ3v) is 2.69. The van der Waals surface area contributed by atoms with E-state index in [-0.39, 0.29) is 24.5 Å². The molecule has 0 atom stereocenters. The van der Waals surface area contributed by atoms with Gasteiger partial charge in [0.15, 0.2) is 0 Å². The molecule has 2 rings (SSSR count). The summed E-state index contributed by atoms with van der Waals surface area (Å²) in [5.41, 5.74) is 1.39. The lowest BCUT2D eigenvalue weighted by atomic mass is 10.1. The van der Waals surface area contributed by atoms with Gasteiger partial charge in [0.2, 0.25) is 0 Å². The number of ether oxygens (including phenoxy) is 1. The van der Waals surface area contributed by atoms with Gasteiger partial charge < -0.3 is 4.74 Å². The number of hydrogen-bond donors (Lipinski definition) is 0. The molecule has 0 saturated carbocycles. The Morgan fingerprint density at radius 1 is 1.21 bits per heavy atom. The van der Waals surface area contributed by atoms with Gasteiger partial charge in [0.05, 0.1) is 25.8 Å². The van der Waals surface area contributed by atoms with Crippen LogP contribution in [-0.2, 0) is 16.1 Å². The average Bonchev–Trinajstić information content (AvgIpc) is 2.47. The van der Waals surface area contributed by atoms with Gasteiger partial charge in [-0.15, -0.1) is 0 Å². The second-order valence-electron chi connectivity index (χ2n) is 3.97. The van der Waals surface area contributed by atoms with Crippen LogP contribution in [0.1, 0.15) is 6.42 Å². The third kappa shape index (κ3) is 3.28. The molecule has 5 heteroatoms. The first-order chi connectivity index (χ1) is 9.20. The predicted octanol–water partition coefficient (Wildman–Crippen LogP) is 1.47. The highest BCUT2D eigenvalue weighted by Crippen LogP contribution is 2.13. The number of hydrogen-bond acceptors (Lipinski definition) is 4. The molecule has 19 heavy (non-hydrogen) atoms. The highest BCUT2D eigenvalue weighted by Gasteiger charge is 2.05. The topological polar surface area (TPSA) is 61.2 Å². The Morgan fingerprint density at radius 3 is 2.63 bits per heavy atom. The van der Waals surface area contributed by atoms with Crippen molar-refractivity contribution in [2.24, 2.45) is 0 Å². The Bertz CT molecular complexity index is 620. The van der Waals surface area contributed by atoms with Crippen LogP contribution in [0.25, 0.3) is 11.3 Å². The Kier molecular flexibility index (Phi) is 4.07. The van der Waals surface area contributed by atoms with Crippen molar-refractivity contribution in [2.75, 3.05) is 7.11 Å². The minimum atomic E-state index is -0.362.